The third-order valence-electron chi connectivity index (χ3n) is 5.28. The lowest BCUT2D eigenvalue weighted by molar-refractivity contribution is -0.121. The van der Waals surface area contributed by atoms with Crippen molar-refractivity contribution in [2.45, 2.75) is 32.4 Å². The van der Waals surface area contributed by atoms with Crippen LogP contribution in [0.25, 0.3) is 11.0 Å². The van der Waals surface area contributed by atoms with Crippen LogP contribution in [-0.2, 0) is 24.3 Å². The molecule has 0 saturated heterocycles. The molecule has 1 aromatic heterocycles. The number of ether oxygens (including phenoxy) is 1. The van der Waals surface area contributed by atoms with Gasteiger partial charge in [0.15, 0.2) is 0 Å². The first-order valence-electron chi connectivity index (χ1n) is 10.8. The van der Waals surface area contributed by atoms with Gasteiger partial charge in [-0.2, -0.15) is 0 Å². The van der Waals surface area contributed by atoms with Crippen LogP contribution in [-0.4, -0.2) is 22.1 Å². The van der Waals surface area contributed by atoms with Crippen LogP contribution in [0.5, 0.6) is 5.75 Å². The van der Waals surface area contributed by atoms with Gasteiger partial charge in [-0.1, -0.05) is 66.2 Å². The molecular weight excluding hydrogens is 422 g/mol. The van der Waals surface area contributed by atoms with Crippen LogP contribution >= 0.6 is 11.6 Å². The molecule has 4 aromatic rings. The number of nitrogens with zero attached hydrogens (tertiary/aromatic N) is 2. The second-order valence-corrected chi connectivity index (χ2v) is 7.97. The first-order chi connectivity index (χ1) is 15.7. The average molecular weight is 448 g/mol. The fourth-order valence-electron chi connectivity index (χ4n) is 3.65. The van der Waals surface area contributed by atoms with Crippen molar-refractivity contribution in [2.75, 3.05) is 6.61 Å². The molecule has 4 rings (SSSR count). The van der Waals surface area contributed by atoms with Crippen LogP contribution in [0.4, 0.5) is 0 Å². The first-order valence-corrected chi connectivity index (χ1v) is 11.2. The molecule has 5 nitrogen and oxygen atoms in total. The van der Waals surface area contributed by atoms with Gasteiger partial charge in [-0.15, -0.1) is 0 Å². The molecule has 164 valence electrons. The summed E-state index contributed by atoms with van der Waals surface area (Å²) in [6.07, 6.45) is 1.97. The molecule has 0 unspecified atom stereocenters. The Morgan fingerprint density at radius 1 is 0.969 bits per heavy atom. The van der Waals surface area contributed by atoms with Crippen molar-refractivity contribution < 1.29 is 9.53 Å². The SMILES string of the molecule is O=C(CCc1ccccc1)NCc1nc2ccccc2n1CCCOc1ccccc1Cl. The number of amides is 1. The fourth-order valence-corrected chi connectivity index (χ4v) is 3.84. The molecule has 0 bridgehead atoms. The maximum Gasteiger partial charge on any atom is 0.220 e. The van der Waals surface area contributed by atoms with Crippen LogP contribution in [0.2, 0.25) is 5.02 Å². The second-order valence-electron chi connectivity index (χ2n) is 7.56. The highest BCUT2D eigenvalue weighted by Crippen LogP contribution is 2.23. The molecule has 0 radical (unpaired) electrons. The molecule has 1 amide bonds. The Kier molecular flexibility index (Phi) is 7.41. The molecule has 0 aliphatic heterocycles. The highest BCUT2D eigenvalue weighted by molar-refractivity contribution is 6.32. The van der Waals surface area contributed by atoms with E-state index in [1.807, 2.05) is 72.8 Å². The van der Waals surface area contributed by atoms with Gasteiger partial charge in [0.1, 0.15) is 11.6 Å². The largest absolute Gasteiger partial charge is 0.492 e. The molecule has 0 aliphatic rings. The maximum atomic E-state index is 12.4. The number of hydrogen-bond acceptors (Lipinski definition) is 3. The molecule has 1 heterocycles. The van der Waals surface area contributed by atoms with E-state index in [0.29, 0.717) is 30.3 Å². The standard InChI is InChI=1S/C26H26ClN3O2/c27-21-11-4-7-14-24(21)32-18-8-17-30-23-13-6-5-12-22(23)29-25(30)19-28-26(31)16-15-20-9-2-1-3-10-20/h1-7,9-14H,8,15-19H2,(H,28,31). The van der Waals surface area contributed by atoms with E-state index in [9.17, 15) is 4.79 Å². The zero-order valence-electron chi connectivity index (χ0n) is 17.8. The highest BCUT2D eigenvalue weighted by Gasteiger charge is 2.12. The Morgan fingerprint density at radius 2 is 1.72 bits per heavy atom. The lowest BCUT2D eigenvalue weighted by atomic mass is 10.1. The minimum absolute atomic E-state index is 0.0227. The predicted octanol–water partition coefficient (Wildman–Crippen LogP) is 5.41. The number of carbonyl (C=O) groups is 1. The van der Waals surface area contributed by atoms with Crippen molar-refractivity contribution in [3.63, 3.8) is 0 Å². The Morgan fingerprint density at radius 3 is 2.56 bits per heavy atom. The van der Waals surface area contributed by atoms with E-state index in [4.69, 9.17) is 21.3 Å². The van der Waals surface area contributed by atoms with Gasteiger partial charge in [0.05, 0.1) is 29.2 Å². The van der Waals surface area contributed by atoms with Gasteiger partial charge in [0.25, 0.3) is 0 Å². The Bertz CT molecular complexity index is 1170. The minimum Gasteiger partial charge on any atom is -0.492 e. The number of para-hydroxylation sites is 3. The molecule has 0 saturated carbocycles. The number of carbonyl (C=O) groups excluding carboxylic acids is 1. The van der Waals surface area contributed by atoms with Gasteiger partial charge < -0.3 is 14.6 Å². The van der Waals surface area contributed by atoms with Crippen LogP contribution in [0.15, 0.2) is 78.9 Å². The summed E-state index contributed by atoms with van der Waals surface area (Å²) < 4.78 is 7.98. The van der Waals surface area contributed by atoms with Crippen molar-refractivity contribution in [3.8, 4) is 5.75 Å². The number of halogens is 1. The number of imidazole rings is 1. The molecule has 32 heavy (non-hydrogen) atoms. The van der Waals surface area contributed by atoms with Crippen molar-refractivity contribution in [1.82, 2.24) is 14.9 Å². The lowest BCUT2D eigenvalue weighted by Gasteiger charge is -2.12. The molecule has 3 aromatic carbocycles. The van der Waals surface area contributed by atoms with Crippen LogP contribution in [0, 0.1) is 0 Å². The molecule has 0 fully saturated rings. The smallest absolute Gasteiger partial charge is 0.220 e. The summed E-state index contributed by atoms with van der Waals surface area (Å²) in [5, 5.41) is 3.63. The number of aromatic nitrogens is 2. The number of rotatable bonds is 10. The Hall–Kier alpha value is -3.31. The topological polar surface area (TPSA) is 56.2 Å². The monoisotopic (exact) mass is 447 g/mol. The van der Waals surface area contributed by atoms with Gasteiger partial charge in [0, 0.05) is 13.0 Å². The number of benzene rings is 3. The molecule has 1 N–H and O–H groups in total. The van der Waals surface area contributed by atoms with E-state index in [-0.39, 0.29) is 5.91 Å². The van der Waals surface area contributed by atoms with Crippen LogP contribution in [0.3, 0.4) is 0 Å². The quantitative estimate of drug-likeness (QED) is 0.331. The van der Waals surface area contributed by atoms with Crippen LogP contribution in [0.1, 0.15) is 24.2 Å². The van der Waals surface area contributed by atoms with E-state index in [1.54, 1.807) is 0 Å². The summed E-state index contributed by atoms with van der Waals surface area (Å²) in [5.41, 5.74) is 3.14. The number of fused-ring (bicyclic) bond motifs is 1. The zero-order valence-corrected chi connectivity index (χ0v) is 18.6. The summed E-state index contributed by atoms with van der Waals surface area (Å²) in [6.45, 7) is 1.67. The summed E-state index contributed by atoms with van der Waals surface area (Å²) in [4.78, 5) is 17.1. The van der Waals surface area contributed by atoms with Gasteiger partial charge in [-0.3, -0.25) is 4.79 Å². The van der Waals surface area contributed by atoms with Crippen LogP contribution < -0.4 is 10.1 Å². The number of aryl methyl sites for hydroxylation is 2. The van der Waals surface area contributed by atoms with Crippen molar-refractivity contribution in [1.29, 1.82) is 0 Å². The fraction of sp³-hybridized carbons (Fsp3) is 0.231. The van der Waals surface area contributed by atoms with E-state index in [0.717, 1.165) is 41.8 Å². The van der Waals surface area contributed by atoms with Gasteiger partial charge in [-0.05, 0) is 42.7 Å². The van der Waals surface area contributed by atoms with E-state index in [1.165, 1.54) is 0 Å². The van der Waals surface area contributed by atoms with Crippen molar-refractivity contribution >= 4 is 28.5 Å². The van der Waals surface area contributed by atoms with Crippen molar-refractivity contribution in [2.24, 2.45) is 0 Å². The van der Waals surface area contributed by atoms with E-state index >= 15 is 0 Å². The van der Waals surface area contributed by atoms with E-state index in [2.05, 4.69) is 16.0 Å². The molecular formula is C26H26ClN3O2. The van der Waals surface area contributed by atoms with Crippen molar-refractivity contribution in [3.05, 3.63) is 95.3 Å². The summed E-state index contributed by atoms with van der Waals surface area (Å²) in [6, 6.07) is 25.5. The normalized spacial score (nSPS) is 10.9. The zero-order chi connectivity index (χ0) is 22.2. The molecule has 6 heteroatoms. The molecule has 0 spiro atoms. The maximum absolute atomic E-state index is 12.4. The molecule has 0 atom stereocenters. The number of hydrogen-bond donors (Lipinski definition) is 1. The van der Waals surface area contributed by atoms with Gasteiger partial charge in [0.2, 0.25) is 5.91 Å². The third kappa shape index (κ3) is 5.68. The summed E-state index contributed by atoms with van der Waals surface area (Å²) in [5.74, 6) is 1.56. The predicted molar refractivity (Wildman–Crippen MR) is 128 cm³/mol. The van der Waals surface area contributed by atoms with Gasteiger partial charge in [-0.25, -0.2) is 4.98 Å². The first kappa shape index (κ1) is 21.9. The third-order valence-corrected chi connectivity index (χ3v) is 5.59. The second kappa shape index (κ2) is 10.8. The Balaban J connectivity index is 1.35. The molecule has 0 aliphatic carbocycles. The number of nitrogens with one attached hydrogen (secondary N) is 1. The van der Waals surface area contributed by atoms with Gasteiger partial charge >= 0.3 is 0 Å². The Labute approximate surface area is 193 Å². The van der Waals surface area contributed by atoms with E-state index < -0.39 is 0 Å². The summed E-state index contributed by atoms with van der Waals surface area (Å²) in [7, 11) is 0. The summed E-state index contributed by atoms with van der Waals surface area (Å²) >= 11 is 6.16. The lowest BCUT2D eigenvalue weighted by Crippen LogP contribution is -2.25. The highest BCUT2D eigenvalue weighted by atomic mass is 35.5. The minimum atomic E-state index is 0.0227. The average Bonchev–Trinajstić information content (AvgIpc) is 3.18.